The van der Waals surface area contributed by atoms with E-state index in [2.05, 4.69) is 34.6 Å². The summed E-state index contributed by atoms with van der Waals surface area (Å²) in [6.45, 7) is 10.0. The number of carbonyl (C=O) groups excluding carboxylic acids is 1. The predicted molar refractivity (Wildman–Crippen MR) is 237 cm³/mol. The second-order valence-corrected chi connectivity index (χ2v) is 24.1. The molecule has 4 heterocycles. The van der Waals surface area contributed by atoms with Crippen molar-refractivity contribution in [2.45, 2.75) is 215 Å². The molecule has 21 heteroatoms. The van der Waals surface area contributed by atoms with Gasteiger partial charge in [0, 0.05) is 25.9 Å². The molecule has 70 heavy (non-hydrogen) atoms. The number of hydrogen-bond acceptors (Lipinski definition) is 21. The van der Waals surface area contributed by atoms with Gasteiger partial charge in [-0.2, -0.15) is 0 Å². The van der Waals surface area contributed by atoms with Gasteiger partial charge in [-0.15, -0.1) is 0 Å². The van der Waals surface area contributed by atoms with Gasteiger partial charge in [0.05, 0.1) is 38.6 Å². The molecule has 402 valence electrons. The van der Waals surface area contributed by atoms with E-state index in [9.17, 15) is 66.1 Å². The predicted octanol–water partition coefficient (Wildman–Crippen LogP) is -2.05. The second-order valence-electron chi connectivity index (χ2n) is 24.1. The highest BCUT2D eigenvalue weighted by Crippen LogP contribution is 2.90. The summed E-state index contributed by atoms with van der Waals surface area (Å²) in [5.74, 6) is -1.16. The van der Waals surface area contributed by atoms with Crippen LogP contribution in [0.5, 0.6) is 0 Å². The van der Waals surface area contributed by atoms with Crippen LogP contribution in [0.4, 0.5) is 0 Å². The molecule has 27 unspecified atom stereocenters. The first-order valence-electron chi connectivity index (χ1n) is 25.4. The number of ether oxygens (including phenoxy) is 8. The van der Waals surface area contributed by atoms with Crippen LogP contribution in [0.3, 0.4) is 0 Å². The average Bonchev–Trinajstić information content (AvgIpc) is 3.84. The minimum Gasteiger partial charge on any atom is -0.394 e. The zero-order valence-corrected chi connectivity index (χ0v) is 41.4. The minimum atomic E-state index is -2.04. The third-order valence-corrected chi connectivity index (χ3v) is 20.5. The maximum Gasteiger partial charge on any atom is 0.187 e. The highest BCUT2D eigenvalue weighted by molar-refractivity contribution is 5.87. The quantitative estimate of drug-likeness (QED) is 0.0834. The summed E-state index contributed by atoms with van der Waals surface area (Å²) in [6.07, 6.45) is -17.2. The standard InChI is InChI=1S/C49H80O21/c1-21-22(14-28(53)46(6,62)20-64-40-36(60)33(57)30(54)23(15-50)65-40)70-49(63-7)18-45(5)27-9-8-26-43(2,3)29(10-11-47(26)19-48(27,47)13-12-44(45,4)39(21)49)68-42-38(35(59)32(56)25(17-52)67-42)69-41-37(61)34(58)31(55)24(16-51)66-41/h21-27,29-42,50-52,54-62H,8-20H2,1-7H3. The van der Waals surface area contributed by atoms with Gasteiger partial charge < -0.3 is 99.2 Å². The first-order valence-corrected chi connectivity index (χ1v) is 25.4. The third-order valence-electron chi connectivity index (χ3n) is 20.5. The lowest BCUT2D eigenvalue weighted by molar-refractivity contribution is -0.377. The summed E-state index contributed by atoms with van der Waals surface area (Å²) in [5.41, 5.74) is -2.83. The van der Waals surface area contributed by atoms with Gasteiger partial charge in [-0.05, 0) is 96.7 Å². The molecule has 0 radical (unpaired) electrons. The van der Waals surface area contributed by atoms with Gasteiger partial charge in [0.2, 0.25) is 0 Å². The number of fused-ring (bicyclic) bond motifs is 4. The smallest absolute Gasteiger partial charge is 0.187 e. The summed E-state index contributed by atoms with van der Waals surface area (Å²) in [4.78, 5) is 13.9. The molecule has 5 saturated carbocycles. The number of Topliss-reactive ketones (excluding diaryl/α,β-unsaturated/α-hetero) is 1. The first kappa shape index (κ1) is 53.7. The molecular weight excluding hydrogens is 925 g/mol. The van der Waals surface area contributed by atoms with Crippen molar-refractivity contribution < 1.29 is 104 Å². The largest absolute Gasteiger partial charge is 0.394 e. The lowest BCUT2D eigenvalue weighted by Gasteiger charge is -2.63. The fourth-order valence-corrected chi connectivity index (χ4v) is 16.6. The maximum absolute atomic E-state index is 13.9. The molecule has 0 bridgehead atoms. The van der Waals surface area contributed by atoms with E-state index in [0.29, 0.717) is 18.8 Å². The van der Waals surface area contributed by atoms with Crippen molar-refractivity contribution >= 4 is 5.78 Å². The van der Waals surface area contributed by atoms with Crippen molar-refractivity contribution in [1.29, 1.82) is 0 Å². The molecule has 0 amide bonds. The van der Waals surface area contributed by atoms with E-state index in [-0.39, 0.29) is 45.8 Å². The van der Waals surface area contributed by atoms with Crippen LogP contribution in [-0.2, 0) is 42.7 Å². The maximum atomic E-state index is 13.9. The van der Waals surface area contributed by atoms with Crippen LogP contribution in [0, 0.1) is 50.7 Å². The Morgan fingerprint density at radius 1 is 0.629 bits per heavy atom. The lowest BCUT2D eigenvalue weighted by Crippen LogP contribution is -2.65. The lowest BCUT2D eigenvalue weighted by atomic mass is 9.41. The summed E-state index contributed by atoms with van der Waals surface area (Å²) >= 11 is 0. The molecule has 5 aliphatic carbocycles. The van der Waals surface area contributed by atoms with Crippen molar-refractivity contribution in [3.8, 4) is 0 Å². The molecule has 0 aromatic rings. The summed E-state index contributed by atoms with van der Waals surface area (Å²) in [7, 11) is 1.67. The van der Waals surface area contributed by atoms with Gasteiger partial charge in [0.15, 0.2) is 30.4 Å². The Hall–Kier alpha value is -1.13. The molecule has 12 N–H and O–H groups in total. The molecule has 4 saturated heterocycles. The molecule has 2 spiro atoms. The molecule has 0 aromatic carbocycles. The second kappa shape index (κ2) is 18.6. The average molecular weight is 1010 g/mol. The molecule has 9 fully saturated rings. The highest BCUT2D eigenvalue weighted by Gasteiger charge is 2.85. The van der Waals surface area contributed by atoms with E-state index in [0.717, 1.165) is 38.5 Å². The van der Waals surface area contributed by atoms with Gasteiger partial charge in [-0.1, -0.05) is 34.6 Å². The molecule has 4 aliphatic heterocycles. The van der Waals surface area contributed by atoms with Gasteiger partial charge in [0.1, 0.15) is 78.8 Å². The Balaban J connectivity index is 0.884. The van der Waals surface area contributed by atoms with Gasteiger partial charge in [-0.25, -0.2) is 0 Å². The van der Waals surface area contributed by atoms with E-state index in [1.807, 2.05) is 0 Å². The molecule has 21 nitrogen and oxygen atoms in total. The SMILES string of the molecule is COC12CC3(C)C4CCC5C(C)(C)C(OC6OC(CO)C(O)C(O)C6OC6OC(CO)C(O)C(O)C6O)CCC56CC46CCC3(C)C1C(C)C(CC(=O)C(C)(O)COC1OC(CO)C(O)C(O)C1O)O2. The normalized spacial score (nSPS) is 55.6. The number of hydrogen-bond donors (Lipinski definition) is 12. The van der Waals surface area contributed by atoms with E-state index in [4.69, 9.17) is 37.9 Å². The minimum absolute atomic E-state index is 0.0230. The first-order chi connectivity index (χ1) is 32.8. The van der Waals surface area contributed by atoms with E-state index < -0.39 is 153 Å². The van der Waals surface area contributed by atoms with Crippen LogP contribution in [-0.4, -0.2) is 216 Å². The third kappa shape index (κ3) is 7.80. The molecule has 9 rings (SSSR count). The van der Waals surface area contributed by atoms with Gasteiger partial charge in [-0.3, -0.25) is 4.79 Å². The topological polar surface area (TPSA) is 334 Å². The van der Waals surface area contributed by atoms with Crippen LogP contribution in [0.2, 0.25) is 0 Å². The van der Waals surface area contributed by atoms with E-state index in [1.54, 1.807) is 7.11 Å². The number of methoxy groups -OCH3 is 1. The van der Waals surface area contributed by atoms with Crippen LogP contribution in [0.25, 0.3) is 0 Å². The molecular formula is C49H80O21. The number of carbonyl (C=O) groups is 1. The summed E-state index contributed by atoms with van der Waals surface area (Å²) in [6, 6.07) is 0. The summed E-state index contributed by atoms with van der Waals surface area (Å²) < 4.78 is 48.9. The van der Waals surface area contributed by atoms with Crippen molar-refractivity contribution in [3.63, 3.8) is 0 Å². The molecule has 9 aliphatic rings. The Morgan fingerprint density at radius 2 is 1.17 bits per heavy atom. The number of aliphatic hydroxyl groups is 12. The van der Waals surface area contributed by atoms with E-state index >= 15 is 0 Å². The van der Waals surface area contributed by atoms with Crippen molar-refractivity contribution in [1.82, 2.24) is 0 Å². The highest BCUT2D eigenvalue weighted by atomic mass is 16.8. The van der Waals surface area contributed by atoms with Crippen molar-refractivity contribution in [2.75, 3.05) is 33.5 Å². The Morgan fingerprint density at radius 3 is 1.77 bits per heavy atom. The summed E-state index contributed by atoms with van der Waals surface area (Å²) in [5, 5.41) is 126. The monoisotopic (exact) mass is 1000 g/mol. The zero-order valence-electron chi connectivity index (χ0n) is 41.4. The Bertz CT molecular complexity index is 1910. The fourth-order valence-electron chi connectivity index (χ4n) is 16.6. The number of rotatable bonds is 14. The fraction of sp³-hybridized carbons (Fsp3) is 0.980. The van der Waals surface area contributed by atoms with Gasteiger partial charge in [0.25, 0.3) is 0 Å². The van der Waals surface area contributed by atoms with Crippen LogP contribution in [0.15, 0.2) is 0 Å². The molecule has 27 atom stereocenters. The Kier molecular flexibility index (Phi) is 14.2. The van der Waals surface area contributed by atoms with Crippen LogP contribution in [0.1, 0.15) is 99.3 Å². The number of ketones is 1. The molecule has 0 aromatic heterocycles. The van der Waals surface area contributed by atoms with Crippen molar-refractivity contribution in [2.24, 2.45) is 50.7 Å². The van der Waals surface area contributed by atoms with Crippen molar-refractivity contribution in [3.05, 3.63) is 0 Å². The number of aliphatic hydroxyl groups excluding tert-OH is 11. The van der Waals surface area contributed by atoms with Crippen LogP contribution < -0.4 is 0 Å². The van der Waals surface area contributed by atoms with E-state index in [1.165, 1.54) is 6.92 Å². The Labute approximate surface area is 408 Å². The van der Waals surface area contributed by atoms with Gasteiger partial charge >= 0.3 is 0 Å². The van der Waals surface area contributed by atoms with Crippen LogP contribution >= 0.6 is 0 Å². The zero-order chi connectivity index (χ0) is 51.1.